The van der Waals surface area contributed by atoms with Crippen LogP contribution in [0.15, 0.2) is 16.7 Å². The Morgan fingerprint density at radius 1 is 1.33 bits per heavy atom. The second-order valence-corrected chi connectivity index (χ2v) is 4.95. The predicted octanol–water partition coefficient (Wildman–Crippen LogP) is 3.73. The van der Waals surface area contributed by atoms with E-state index in [-0.39, 0.29) is 0 Å². The Bertz CT molecular complexity index is 309. The summed E-state index contributed by atoms with van der Waals surface area (Å²) in [6.07, 6.45) is 5.34. The van der Waals surface area contributed by atoms with E-state index in [2.05, 4.69) is 26.1 Å². The number of ether oxygens (including phenoxy) is 1. The van der Waals surface area contributed by atoms with Crippen LogP contribution in [0.3, 0.4) is 0 Å². The first kappa shape index (κ1) is 15.3. The summed E-state index contributed by atoms with van der Waals surface area (Å²) in [5, 5.41) is 3.38. The Balaban J connectivity index is 2.27. The summed E-state index contributed by atoms with van der Waals surface area (Å²) in [7, 11) is 0. The fourth-order valence-corrected chi connectivity index (χ4v) is 1.98. The Kier molecular flexibility index (Phi) is 7.78. The van der Waals surface area contributed by atoms with Gasteiger partial charge in [0, 0.05) is 18.7 Å². The summed E-state index contributed by atoms with van der Waals surface area (Å²) >= 11 is 0. The molecule has 0 saturated carbocycles. The van der Waals surface area contributed by atoms with Gasteiger partial charge in [-0.25, -0.2) is 0 Å². The lowest BCUT2D eigenvalue weighted by Gasteiger charge is -2.10. The third-order valence-corrected chi connectivity index (χ3v) is 3.00. The molecule has 1 atom stereocenters. The summed E-state index contributed by atoms with van der Waals surface area (Å²) in [5.41, 5.74) is 1.21. The first-order valence-electron chi connectivity index (χ1n) is 7.11. The van der Waals surface area contributed by atoms with Gasteiger partial charge in [0.25, 0.3) is 0 Å². The molecule has 1 aromatic heterocycles. The van der Waals surface area contributed by atoms with Crippen molar-refractivity contribution in [1.29, 1.82) is 0 Å². The predicted molar refractivity (Wildman–Crippen MR) is 74.4 cm³/mol. The van der Waals surface area contributed by atoms with Crippen LogP contribution in [-0.4, -0.2) is 13.2 Å². The molecule has 1 rings (SSSR count). The fraction of sp³-hybridized carbons (Fsp3) is 0.733. The van der Waals surface area contributed by atoms with E-state index in [1.807, 2.05) is 6.07 Å². The molecule has 1 unspecified atom stereocenters. The lowest BCUT2D eigenvalue weighted by atomic mass is 10.1. The smallest absolute Gasteiger partial charge is 0.133 e. The van der Waals surface area contributed by atoms with Crippen LogP contribution in [0.25, 0.3) is 0 Å². The Morgan fingerprint density at radius 3 is 2.89 bits per heavy atom. The van der Waals surface area contributed by atoms with Crippen LogP contribution in [0, 0.1) is 5.92 Å². The van der Waals surface area contributed by atoms with Gasteiger partial charge >= 0.3 is 0 Å². The van der Waals surface area contributed by atoms with Gasteiger partial charge in [-0.2, -0.15) is 0 Å². The van der Waals surface area contributed by atoms with Crippen molar-refractivity contribution in [2.45, 2.75) is 53.2 Å². The SMILES string of the molecule is CCCNCc1ccoc1COCC(C)CCC. The minimum atomic E-state index is 0.587. The molecule has 0 fully saturated rings. The van der Waals surface area contributed by atoms with Crippen LogP contribution in [0.5, 0.6) is 0 Å². The fourth-order valence-electron chi connectivity index (χ4n) is 1.98. The van der Waals surface area contributed by atoms with Gasteiger partial charge in [-0.3, -0.25) is 0 Å². The third-order valence-electron chi connectivity index (χ3n) is 3.00. The summed E-state index contributed by atoms with van der Waals surface area (Å²) in [6.45, 7) is 9.92. The van der Waals surface area contributed by atoms with E-state index in [0.29, 0.717) is 12.5 Å². The molecule has 104 valence electrons. The average molecular weight is 253 g/mol. The maximum Gasteiger partial charge on any atom is 0.133 e. The van der Waals surface area contributed by atoms with E-state index in [0.717, 1.165) is 31.9 Å². The van der Waals surface area contributed by atoms with E-state index < -0.39 is 0 Å². The van der Waals surface area contributed by atoms with Crippen molar-refractivity contribution in [2.24, 2.45) is 5.92 Å². The minimum absolute atomic E-state index is 0.587. The van der Waals surface area contributed by atoms with E-state index in [1.54, 1.807) is 6.26 Å². The van der Waals surface area contributed by atoms with E-state index in [4.69, 9.17) is 9.15 Å². The number of hydrogen-bond donors (Lipinski definition) is 1. The summed E-state index contributed by atoms with van der Waals surface area (Å²) < 4.78 is 11.2. The first-order valence-corrected chi connectivity index (χ1v) is 7.11. The number of hydrogen-bond acceptors (Lipinski definition) is 3. The van der Waals surface area contributed by atoms with Crippen LogP contribution in [0.1, 0.15) is 51.4 Å². The van der Waals surface area contributed by atoms with Crippen LogP contribution in [0.4, 0.5) is 0 Å². The molecule has 3 heteroatoms. The highest BCUT2D eigenvalue weighted by Gasteiger charge is 2.07. The van der Waals surface area contributed by atoms with Gasteiger partial charge in [-0.15, -0.1) is 0 Å². The van der Waals surface area contributed by atoms with Crippen molar-refractivity contribution in [3.8, 4) is 0 Å². The van der Waals surface area contributed by atoms with Gasteiger partial charge in [0.2, 0.25) is 0 Å². The van der Waals surface area contributed by atoms with E-state index >= 15 is 0 Å². The highest BCUT2D eigenvalue weighted by Crippen LogP contribution is 2.13. The first-order chi connectivity index (χ1) is 8.77. The number of furan rings is 1. The van der Waals surface area contributed by atoms with Crippen molar-refractivity contribution in [1.82, 2.24) is 5.32 Å². The van der Waals surface area contributed by atoms with E-state index in [1.165, 1.54) is 18.4 Å². The van der Waals surface area contributed by atoms with Crippen molar-refractivity contribution >= 4 is 0 Å². The van der Waals surface area contributed by atoms with Crippen LogP contribution in [-0.2, 0) is 17.9 Å². The van der Waals surface area contributed by atoms with Crippen LogP contribution in [0.2, 0.25) is 0 Å². The molecule has 0 spiro atoms. The van der Waals surface area contributed by atoms with E-state index in [9.17, 15) is 0 Å². The van der Waals surface area contributed by atoms with Gasteiger partial charge in [-0.1, -0.05) is 27.2 Å². The maximum absolute atomic E-state index is 5.72. The second-order valence-electron chi connectivity index (χ2n) is 4.95. The quantitative estimate of drug-likeness (QED) is 0.645. The molecule has 3 nitrogen and oxygen atoms in total. The Morgan fingerprint density at radius 2 is 2.17 bits per heavy atom. The molecule has 0 radical (unpaired) electrons. The van der Waals surface area contributed by atoms with Crippen molar-refractivity contribution in [3.63, 3.8) is 0 Å². The number of rotatable bonds is 10. The average Bonchev–Trinajstić information content (AvgIpc) is 2.78. The van der Waals surface area contributed by atoms with Gasteiger partial charge in [-0.05, 0) is 31.4 Å². The largest absolute Gasteiger partial charge is 0.467 e. The molecule has 0 aliphatic rings. The van der Waals surface area contributed by atoms with Crippen LogP contribution >= 0.6 is 0 Å². The zero-order valence-electron chi connectivity index (χ0n) is 12.0. The Hall–Kier alpha value is -0.800. The molecule has 18 heavy (non-hydrogen) atoms. The molecule has 1 N–H and O–H groups in total. The summed E-state index contributed by atoms with van der Waals surface area (Å²) in [5.74, 6) is 1.59. The third kappa shape index (κ3) is 5.69. The monoisotopic (exact) mass is 253 g/mol. The number of nitrogens with one attached hydrogen (secondary N) is 1. The highest BCUT2D eigenvalue weighted by molar-refractivity contribution is 5.16. The molecule has 1 aromatic rings. The molecule has 0 bridgehead atoms. The van der Waals surface area contributed by atoms with Gasteiger partial charge in [0.1, 0.15) is 12.4 Å². The molecule has 0 aromatic carbocycles. The van der Waals surface area contributed by atoms with Gasteiger partial charge < -0.3 is 14.5 Å². The van der Waals surface area contributed by atoms with Crippen molar-refractivity contribution < 1.29 is 9.15 Å². The van der Waals surface area contributed by atoms with Crippen molar-refractivity contribution in [3.05, 3.63) is 23.7 Å². The minimum Gasteiger partial charge on any atom is -0.467 e. The normalized spacial score (nSPS) is 12.8. The molecular formula is C15H27NO2. The molecule has 1 heterocycles. The van der Waals surface area contributed by atoms with Crippen molar-refractivity contribution in [2.75, 3.05) is 13.2 Å². The molecule has 0 aliphatic heterocycles. The highest BCUT2D eigenvalue weighted by atomic mass is 16.5. The second kappa shape index (κ2) is 9.17. The topological polar surface area (TPSA) is 34.4 Å². The summed E-state index contributed by atoms with van der Waals surface area (Å²) in [6, 6.07) is 2.02. The molecule has 0 aliphatic carbocycles. The zero-order valence-corrected chi connectivity index (χ0v) is 12.0. The van der Waals surface area contributed by atoms with Crippen LogP contribution < -0.4 is 5.32 Å². The Labute approximate surface area is 111 Å². The van der Waals surface area contributed by atoms with Gasteiger partial charge in [0.15, 0.2) is 0 Å². The standard InChI is InChI=1S/C15H27NO2/c1-4-6-13(3)11-17-12-15-14(7-9-18-15)10-16-8-5-2/h7,9,13,16H,4-6,8,10-12H2,1-3H3. The molecule has 0 amide bonds. The lowest BCUT2D eigenvalue weighted by molar-refractivity contribution is 0.0769. The summed E-state index contributed by atoms with van der Waals surface area (Å²) in [4.78, 5) is 0. The lowest BCUT2D eigenvalue weighted by Crippen LogP contribution is -2.14. The maximum atomic E-state index is 5.72. The molecular weight excluding hydrogens is 226 g/mol. The zero-order chi connectivity index (χ0) is 13.2. The van der Waals surface area contributed by atoms with Gasteiger partial charge in [0.05, 0.1) is 6.26 Å². The molecule has 0 saturated heterocycles.